The number of amides is 1. The molecule has 1 amide bonds. The molecule has 3 rings (SSSR count). The molecule has 2 saturated heterocycles. The van der Waals surface area contributed by atoms with Gasteiger partial charge in [0.15, 0.2) is 0 Å². The van der Waals surface area contributed by atoms with Gasteiger partial charge in [-0.3, -0.25) is 4.79 Å². The van der Waals surface area contributed by atoms with Crippen molar-refractivity contribution in [1.29, 1.82) is 0 Å². The maximum Gasteiger partial charge on any atom is 0.264 e. The molecule has 2 aliphatic heterocycles. The van der Waals surface area contributed by atoms with E-state index in [2.05, 4.69) is 19.0 Å². The van der Waals surface area contributed by atoms with Gasteiger partial charge in [0.1, 0.15) is 5.60 Å². The summed E-state index contributed by atoms with van der Waals surface area (Å²) in [4.78, 5) is 17.5. The van der Waals surface area contributed by atoms with E-state index in [-0.39, 0.29) is 11.5 Å². The van der Waals surface area contributed by atoms with E-state index in [0.29, 0.717) is 32.2 Å². The molecule has 0 aromatic carbocycles. The average Bonchev–Trinajstić information content (AvgIpc) is 3.07. The van der Waals surface area contributed by atoms with Crippen molar-refractivity contribution in [3.63, 3.8) is 0 Å². The third-order valence-corrected chi connectivity index (χ3v) is 5.14. The van der Waals surface area contributed by atoms with Crippen molar-refractivity contribution < 1.29 is 14.3 Å². The molecule has 0 unspecified atom stereocenters. The van der Waals surface area contributed by atoms with Gasteiger partial charge in [0.25, 0.3) is 5.91 Å². The Morgan fingerprint density at radius 3 is 3.14 bits per heavy atom. The third-order valence-electron chi connectivity index (χ3n) is 4.28. The van der Waals surface area contributed by atoms with E-state index in [1.807, 2.05) is 22.4 Å². The van der Waals surface area contributed by atoms with Crippen molar-refractivity contribution in [3.05, 3.63) is 22.4 Å². The first-order chi connectivity index (χ1) is 10.6. The lowest BCUT2D eigenvalue weighted by atomic mass is 9.94. The van der Waals surface area contributed by atoms with Gasteiger partial charge in [0.2, 0.25) is 0 Å². The van der Waals surface area contributed by atoms with Crippen LogP contribution in [0.2, 0.25) is 0 Å². The Labute approximate surface area is 135 Å². The van der Waals surface area contributed by atoms with Crippen LogP contribution in [0.5, 0.6) is 0 Å². The minimum Gasteiger partial charge on any atom is -0.377 e. The van der Waals surface area contributed by atoms with Crippen molar-refractivity contribution in [3.8, 4) is 0 Å². The molecule has 6 heteroatoms. The molecule has 22 heavy (non-hydrogen) atoms. The highest BCUT2D eigenvalue weighted by Gasteiger charge is 2.44. The molecule has 0 saturated carbocycles. The van der Waals surface area contributed by atoms with Crippen LogP contribution in [0, 0.1) is 5.92 Å². The second kappa shape index (κ2) is 6.66. The summed E-state index contributed by atoms with van der Waals surface area (Å²) >= 11 is 1.49. The van der Waals surface area contributed by atoms with Crippen molar-refractivity contribution in [2.45, 2.75) is 12.0 Å². The Morgan fingerprint density at radius 1 is 1.55 bits per heavy atom. The first-order valence-electron chi connectivity index (χ1n) is 7.77. The molecule has 2 fully saturated rings. The molecule has 0 aliphatic carbocycles. The zero-order valence-electron chi connectivity index (χ0n) is 13.3. The minimum absolute atomic E-state index is 0.0968. The van der Waals surface area contributed by atoms with E-state index >= 15 is 0 Å². The predicted octanol–water partition coefficient (Wildman–Crippen LogP) is 1.56. The fraction of sp³-hybridized carbons (Fsp3) is 0.688. The van der Waals surface area contributed by atoms with Gasteiger partial charge >= 0.3 is 0 Å². The fourth-order valence-electron chi connectivity index (χ4n) is 3.42. The predicted molar refractivity (Wildman–Crippen MR) is 86.4 cm³/mol. The van der Waals surface area contributed by atoms with E-state index in [0.717, 1.165) is 24.4 Å². The Balaban J connectivity index is 1.69. The van der Waals surface area contributed by atoms with Gasteiger partial charge in [-0.2, -0.15) is 0 Å². The topological polar surface area (TPSA) is 42.0 Å². The maximum atomic E-state index is 12.6. The Hall–Kier alpha value is -0.950. The van der Waals surface area contributed by atoms with Gasteiger partial charge in [-0.25, -0.2) is 0 Å². The number of hydrogen-bond acceptors (Lipinski definition) is 5. The molecule has 1 aromatic heterocycles. The lowest BCUT2D eigenvalue weighted by Gasteiger charge is -2.31. The Bertz CT molecular complexity index is 505. The molecule has 0 radical (unpaired) electrons. The molecule has 0 N–H and O–H groups in total. The molecule has 2 aliphatic rings. The molecular weight excluding hydrogens is 300 g/mol. The molecule has 5 nitrogen and oxygen atoms in total. The number of rotatable bonds is 3. The summed E-state index contributed by atoms with van der Waals surface area (Å²) in [5.41, 5.74) is -0.329. The molecule has 1 aromatic rings. The fourth-order valence-corrected chi connectivity index (χ4v) is 4.11. The van der Waals surface area contributed by atoms with Crippen LogP contribution in [-0.2, 0) is 9.47 Å². The molecule has 3 heterocycles. The van der Waals surface area contributed by atoms with Crippen LogP contribution in [-0.4, -0.2) is 74.9 Å². The van der Waals surface area contributed by atoms with Gasteiger partial charge in [0.05, 0.1) is 31.2 Å². The highest BCUT2D eigenvalue weighted by molar-refractivity contribution is 7.12. The van der Waals surface area contributed by atoms with Crippen LogP contribution in [0.15, 0.2) is 17.5 Å². The third kappa shape index (κ3) is 3.51. The van der Waals surface area contributed by atoms with E-state index in [4.69, 9.17) is 9.47 Å². The molecule has 2 atom stereocenters. The molecule has 122 valence electrons. The van der Waals surface area contributed by atoms with Gasteiger partial charge < -0.3 is 19.3 Å². The first kappa shape index (κ1) is 15.9. The number of hydrogen-bond donors (Lipinski definition) is 0. The lowest BCUT2D eigenvalue weighted by molar-refractivity contribution is -0.0539. The van der Waals surface area contributed by atoms with Gasteiger partial charge in [-0.05, 0) is 37.9 Å². The van der Waals surface area contributed by atoms with Crippen LogP contribution in [0.3, 0.4) is 0 Å². The number of nitrogens with zero attached hydrogens (tertiary/aromatic N) is 2. The maximum absolute atomic E-state index is 12.6. The second-order valence-electron chi connectivity index (χ2n) is 6.58. The van der Waals surface area contributed by atoms with Crippen LogP contribution in [0.4, 0.5) is 0 Å². The normalized spacial score (nSPS) is 29.2. The van der Waals surface area contributed by atoms with Gasteiger partial charge in [0, 0.05) is 13.1 Å². The number of ether oxygens (including phenoxy) is 2. The molecular formula is C16H24N2O3S. The Kier molecular flexibility index (Phi) is 4.82. The first-order valence-corrected chi connectivity index (χ1v) is 8.65. The van der Waals surface area contributed by atoms with Crippen LogP contribution < -0.4 is 0 Å². The van der Waals surface area contributed by atoms with E-state index < -0.39 is 0 Å². The largest absolute Gasteiger partial charge is 0.377 e. The summed E-state index contributed by atoms with van der Waals surface area (Å²) in [6.07, 6.45) is 0.958. The zero-order valence-corrected chi connectivity index (χ0v) is 14.1. The summed E-state index contributed by atoms with van der Waals surface area (Å²) in [6, 6.07) is 3.80. The van der Waals surface area contributed by atoms with Crippen LogP contribution in [0.1, 0.15) is 16.1 Å². The smallest absolute Gasteiger partial charge is 0.264 e. The number of thiophene rings is 1. The Morgan fingerprint density at radius 2 is 2.41 bits per heavy atom. The standard InChI is InChI=1S/C16H24N2O3S/c1-17(2)9-13-8-16(21-10-13)11-18(5-6-20-12-16)15(19)14-4-3-7-22-14/h3-4,7,13H,5-6,8-12H2,1-2H3/t13-,16+/m0/s1. The van der Waals surface area contributed by atoms with Crippen molar-refractivity contribution >= 4 is 17.2 Å². The lowest BCUT2D eigenvalue weighted by Crippen LogP contribution is -2.46. The average molecular weight is 324 g/mol. The van der Waals surface area contributed by atoms with Crippen molar-refractivity contribution in [2.24, 2.45) is 5.92 Å². The number of carbonyl (C=O) groups is 1. The van der Waals surface area contributed by atoms with E-state index in [1.165, 1.54) is 11.3 Å². The monoisotopic (exact) mass is 324 g/mol. The van der Waals surface area contributed by atoms with Gasteiger partial charge in [-0.15, -0.1) is 11.3 Å². The summed E-state index contributed by atoms with van der Waals surface area (Å²) in [7, 11) is 4.17. The van der Waals surface area contributed by atoms with Crippen LogP contribution >= 0.6 is 11.3 Å². The van der Waals surface area contributed by atoms with Crippen molar-refractivity contribution in [1.82, 2.24) is 9.80 Å². The highest BCUT2D eigenvalue weighted by atomic mass is 32.1. The summed E-state index contributed by atoms with van der Waals surface area (Å²) < 4.78 is 11.9. The zero-order chi connectivity index (χ0) is 15.6. The van der Waals surface area contributed by atoms with Gasteiger partial charge in [-0.1, -0.05) is 6.07 Å². The quantitative estimate of drug-likeness (QED) is 0.846. The molecule has 0 bridgehead atoms. The SMILES string of the molecule is CN(C)C[C@H]1CO[C@]2(COCCN(C(=O)c3cccs3)C2)C1. The summed E-state index contributed by atoms with van der Waals surface area (Å²) in [5, 5.41) is 1.94. The molecule has 1 spiro atoms. The highest BCUT2D eigenvalue weighted by Crippen LogP contribution is 2.33. The van der Waals surface area contributed by atoms with Crippen molar-refractivity contribution in [2.75, 3.05) is 53.6 Å². The minimum atomic E-state index is -0.329. The van der Waals surface area contributed by atoms with E-state index in [9.17, 15) is 4.79 Å². The summed E-state index contributed by atoms with van der Waals surface area (Å²) in [5.74, 6) is 0.606. The second-order valence-corrected chi connectivity index (χ2v) is 7.53. The van der Waals surface area contributed by atoms with Crippen LogP contribution in [0.25, 0.3) is 0 Å². The number of carbonyl (C=O) groups excluding carboxylic acids is 1. The van der Waals surface area contributed by atoms with E-state index in [1.54, 1.807) is 0 Å². The summed E-state index contributed by atoms with van der Waals surface area (Å²) in [6.45, 7) is 4.21.